The average molecular weight is 649 g/mol. The Balaban J connectivity index is 1.37. The van der Waals surface area contributed by atoms with Gasteiger partial charge in [0.1, 0.15) is 22.3 Å². The van der Waals surface area contributed by atoms with Gasteiger partial charge in [-0.15, -0.1) is 0 Å². The molecule has 3 atom stereocenters. The van der Waals surface area contributed by atoms with Gasteiger partial charge in [-0.05, 0) is 48.6 Å². The second-order valence-electron chi connectivity index (χ2n) is 11.5. The molecule has 5 N–H and O–H groups in total. The molecule has 0 saturated heterocycles. The highest BCUT2D eigenvalue weighted by Gasteiger charge is 2.56. The fourth-order valence-corrected chi connectivity index (χ4v) is 6.84. The van der Waals surface area contributed by atoms with Crippen molar-refractivity contribution < 1.29 is 45.3 Å². The van der Waals surface area contributed by atoms with Gasteiger partial charge in [-0.2, -0.15) is 22.0 Å². The number of benzene rings is 2. The molecular weight excluding hydrogens is 607 g/mol. The van der Waals surface area contributed by atoms with Crippen LogP contribution in [0.1, 0.15) is 93.6 Å². The lowest BCUT2D eigenvalue weighted by Gasteiger charge is -2.37. The van der Waals surface area contributed by atoms with Crippen molar-refractivity contribution in [1.29, 1.82) is 5.41 Å². The normalized spacial score (nSPS) is 18.0. The summed E-state index contributed by atoms with van der Waals surface area (Å²) in [4.78, 5) is 0. The molecule has 0 bridgehead atoms. The number of rotatable bonds is 16. The largest absolute Gasteiger partial charge is 0.508 e. The summed E-state index contributed by atoms with van der Waals surface area (Å²) < 4.78 is 92.8. The lowest BCUT2D eigenvalue weighted by Crippen LogP contribution is -2.37. The molecule has 2 aromatic carbocycles. The minimum atomic E-state index is -5.73. The third-order valence-electron chi connectivity index (χ3n) is 8.13. The number of sulfone groups is 1. The zero-order chi connectivity index (χ0) is 32.5. The molecule has 2 aromatic rings. The number of aromatic hydroxyl groups is 2. The van der Waals surface area contributed by atoms with Crippen LogP contribution in [0.4, 0.5) is 22.0 Å². The number of hydrogen-bond acceptors (Lipinski definition) is 7. The van der Waals surface area contributed by atoms with Crippen molar-refractivity contribution >= 4 is 14.9 Å². The van der Waals surface area contributed by atoms with E-state index in [1.165, 1.54) is 0 Å². The zero-order valence-electron chi connectivity index (χ0n) is 24.5. The van der Waals surface area contributed by atoms with Gasteiger partial charge in [0, 0.05) is 36.8 Å². The van der Waals surface area contributed by atoms with E-state index in [4.69, 9.17) is 15.9 Å². The Kier molecular flexibility index (Phi) is 12.4. The van der Waals surface area contributed by atoms with Gasteiger partial charge in [0.25, 0.3) is 0 Å². The first kappa shape index (κ1) is 35.5. The summed E-state index contributed by atoms with van der Waals surface area (Å²) in [5, 5.41) is 26.7. The van der Waals surface area contributed by atoms with Crippen molar-refractivity contribution in [2.75, 3.05) is 12.4 Å². The predicted molar refractivity (Wildman–Crippen MR) is 158 cm³/mol. The summed E-state index contributed by atoms with van der Waals surface area (Å²) in [6, 6.07) is 11.9. The molecule has 0 amide bonds. The summed E-state index contributed by atoms with van der Waals surface area (Å²) in [5.74, 6) is -5.02. The molecule has 1 aliphatic rings. The summed E-state index contributed by atoms with van der Waals surface area (Å²) in [6.45, 7) is 0.395. The smallest absolute Gasteiger partial charge is 0.453 e. The van der Waals surface area contributed by atoms with Crippen molar-refractivity contribution in [3.63, 3.8) is 0 Å². The van der Waals surface area contributed by atoms with Gasteiger partial charge in [0.05, 0.1) is 12.4 Å². The molecule has 0 spiro atoms. The molecule has 0 aliphatic carbocycles. The minimum Gasteiger partial charge on any atom is -0.508 e. The van der Waals surface area contributed by atoms with Crippen LogP contribution in [0.25, 0.3) is 0 Å². The second kappa shape index (κ2) is 15.4. The fraction of sp³-hybridized carbons (Fsp3) is 0.581. The maximum absolute atomic E-state index is 13.0. The van der Waals surface area contributed by atoms with E-state index in [1.54, 1.807) is 24.3 Å². The molecular formula is C31H41F5N2O5S. The quantitative estimate of drug-likeness (QED) is 0.0642. The van der Waals surface area contributed by atoms with Crippen LogP contribution in [0, 0.1) is 5.41 Å². The van der Waals surface area contributed by atoms with Crippen LogP contribution in [-0.2, 0) is 9.84 Å². The van der Waals surface area contributed by atoms with Crippen LogP contribution in [-0.4, -0.2) is 54.2 Å². The molecule has 3 unspecified atom stereocenters. The van der Waals surface area contributed by atoms with E-state index in [0.717, 1.165) is 49.7 Å². The zero-order valence-corrected chi connectivity index (χ0v) is 25.3. The molecule has 0 fully saturated rings. The minimum absolute atomic E-state index is 0.0222. The average Bonchev–Trinajstić information content (AvgIpc) is 2.95. The standard InChI is InChI=1S/C31H41F5N2O5S/c32-30(33,31(34,35)36)17-8-18-44(41,42)28(38)10-7-5-3-1-2-4-6-9-26(37)29-24-16-15-23(40)19-27(24)43-20-25(29)21-11-13-22(39)14-12-21/h11-16,19,25-26,29,38-40H,1-10,17-18,20,37H2. The molecule has 1 heterocycles. The van der Waals surface area contributed by atoms with Crippen LogP contribution in [0.15, 0.2) is 42.5 Å². The predicted octanol–water partition coefficient (Wildman–Crippen LogP) is 7.57. The maximum atomic E-state index is 13.0. The van der Waals surface area contributed by atoms with Gasteiger partial charge in [-0.25, -0.2) is 8.42 Å². The Hall–Kier alpha value is -2.93. The van der Waals surface area contributed by atoms with E-state index in [2.05, 4.69) is 0 Å². The third kappa shape index (κ3) is 9.79. The first-order valence-corrected chi connectivity index (χ1v) is 16.5. The fourth-order valence-electron chi connectivity index (χ4n) is 5.61. The molecule has 44 heavy (non-hydrogen) atoms. The Bertz CT molecular complexity index is 1340. The van der Waals surface area contributed by atoms with E-state index >= 15 is 0 Å². The monoisotopic (exact) mass is 648 g/mol. The van der Waals surface area contributed by atoms with Crippen molar-refractivity contribution in [2.45, 2.75) is 101 Å². The second-order valence-corrected chi connectivity index (χ2v) is 13.6. The molecule has 13 heteroatoms. The highest BCUT2D eigenvalue weighted by Crippen LogP contribution is 2.46. The number of unbranched alkanes of at least 4 members (excludes halogenated alkanes) is 6. The number of ether oxygens (including phenoxy) is 1. The highest BCUT2D eigenvalue weighted by atomic mass is 32.2. The number of nitrogens with one attached hydrogen (secondary N) is 1. The van der Waals surface area contributed by atoms with Gasteiger partial charge in [0.2, 0.25) is 0 Å². The van der Waals surface area contributed by atoms with Crippen LogP contribution in [0.5, 0.6) is 17.2 Å². The van der Waals surface area contributed by atoms with Gasteiger partial charge in [0.15, 0.2) is 9.84 Å². The van der Waals surface area contributed by atoms with Crippen LogP contribution < -0.4 is 10.5 Å². The first-order valence-electron chi connectivity index (χ1n) is 14.9. The number of phenols is 2. The topological polar surface area (TPSA) is 134 Å². The highest BCUT2D eigenvalue weighted by molar-refractivity contribution is 8.06. The Morgan fingerprint density at radius 3 is 2.14 bits per heavy atom. The van der Waals surface area contributed by atoms with E-state index in [1.807, 2.05) is 18.2 Å². The van der Waals surface area contributed by atoms with Gasteiger partial charge in [-0.1, -0.05) is 56.7 Å². The van der Waals surface area contributed by atoms with Gasteiger partial charge in [-0.3, -0.25) is 5.41 Å². The molecule has 0 saturated carbocycles. The lowest BCUT2D eigenvalue weighted by atomic mass is 9.74. The lowest BCUT2D eigenvalue weighted by molar-refractivity contribution is -0.284. The summed E-state index contributed by atoms with van der Waals surface area (Å²) in [7, 11) is -4.16. The third-order valence-corrected chi connectivity index (χ3v) is 9.91. The summed E-state index contributed by atoms with van der Waals surface area (Å²) >= 11 is 0. The number of fused-ring (bicyclic) bond motifs is 1. The maximum Gasteiger partial charge on any atom is 0.453 e. The Morgan fingerprint density at radius 1 is 0.909 bits per heavy atom. The molecule has 246 valence electrons. The summed E-state index contributed by atoms with van der Waals surface area (Å²) in [5.41, 5.74) is 8.69. The van der Waals surface area contributed by atoms with Crippen LogP contribution >= 0.6 is 0 Å². The van der Waals surface area contributed by atoms with E-state index in [0.29, 0.717) is 25.2 Å². The molecule has 3 rings (SSSR count). The van der Waals surface area contributed by atoms with E-state index in [-0.39, 0.29) is 35.8 Å². The van der Waals surface area contributed by atoms with Crippen molar-refractivity contribution in [3.05, 3.63) is 53.6 Å². The van der Waals surface area contributed by atoms with Gasteiger partial charge < -0.3 is 20.7 Å². The van der Waals surface area contributed by atoms with E-state index < -0.39 is 45.6 Å². The molecule has 0 radical (unpaired) electrons. The number of nitrogens with two attached hydrogens (primary N) is 1. The molecule has 7 nitrogen and oxygen atoms in total. The SMILES string of the molecule is N=C(CCCCCCCCCC(N)C1c2ccc(O)cc2OCC1c1ccc(O)cc1)S(=O)(=O)CCCC(F)(F)C(F)(F)F. The molecule has 0 aromatic heterocycles. The Labute approximate surface area is 255 Å². The first-order chi connectivity index (χ1) is 20.6. The summed E-state index contributed by atoms with van der Waals surface area (Å²) in [6.07, 6.45) is -1.95. The van der Waals surface area contributed by atoms with Crippen molar-refractivity contribution in [1.82, 2.24) is 0 Å². The van der Waals surface area contributed by atoms with Crippen LogP contribution in [0.3, 0.4) is 0 Å². The van der Waals surface area contributed by atoms with E-state index in [9.17, 15) is 40.6 Å². The Morgan fingerprint density at radius 2 is 1.50 bits per heavy atom. The number of alkyl halides is 5. The number of halogens is 5. The van der Waals surface area contributed by atoms with Gasteiger partial charge >= 0.3 is 12.1 Å². The van der Waals surface area contributed by atoms with Crippen LogP contribution in [0.2, 0.25) is 0 Å². The number of hydrogen-bond donors (Lipinski definition) is 4. The molecule has 1 aliphatic heterocycles. The van der Waals surface area contributed by atoms with Crippen molar-refractivity contribution in [2.24, 2.45) is 5.73 Å². The number of phenolic OH excluding ortho intramolecular Hbond substituents is 2. The van der Waals surface area contributed by atoms with Crippen molar-refractivity contribution in [3.8, 4) is 17.2 Å².